The summed E-state index contributed by atoms with van der Waals surface area (Å²) in [4.78, 5) is 5.68. The SMILES string of the molecule is CCC1CN2CCCCC2CN1CC1CCCCC1. The molecule has 0 aromatic rings. The molecule has 2 heterocycles. The van der Waals surface area contributed by atoms with Gasteiger partial charge in [-0.25, -0.2) is 0 Å². The van der Waals surface area contributed by atoms with Gasteiger partial charge in [0.15, 0.2) is 0 Å². The zero-order valence-electron chi connectivity index (χ0n) is 12.8. The predicted molar refractivity (Wildman–Crippen MR) is 81.4 cm³/mol. The third-order valence-electron chi connectivity index (χ3n) is 5.84. The van der Waals surface area contributed by atoms with Crippen molar-refractivity contribution in [3.63, 3.8) is 0 Å². The minimum atomic E-state index is 0.844. The van der Waals surface area contributed by atoms with E-state index in [1.54, 1.807) is 0 Å². The Morgan fingerprint density at radius 1 is 0.895 bits per heavy atom. The summed E-state index contributed by atoms with van der Waals surface area (Å²) in [6, 6.07) is 1.73. The third-order valence-corrected chi connectivity index (χ3v) is 5.84. The van der Waals surface area contributed by atoms with Gasteiger partial charge in [0.2, 0.25) is 0 Å². The second kappa shape index (κ2) is 6.58. The van der Waals surface area contributed by atoms with Gasteiger partial charge in [0, 0.05) is 31.7 Å². The fraction of sp³-hybridized carbons (Fsp3) is 1.00. The summed E-state index contributed by atoms with van der Waals surface area (Å²) in [5, 5.41) is 0. The predicted octanol–water partition coefficient (Wildman–Crippen LogP) is 3.52. The zero-order chi connectivity index (χ0) is 13.1. The van der Waals surface area contributed by atoms with Crippen LogP contribution in [-0.4, -0.2) is 48.1 Å². The van der Waals surface area contributed by atoms with Gasteiger partial charge < -0.3 is 0 Å². The number of rotatable bonds is 3. The van der Waals surface area contributed by atoms with Gasteiger partial charge in [-0.1, -0.05) is 32.6 Å². The number of hydrogen-bond acceptors (Lipinski definition) is 2. The standard InChI is InChI=1S/C17H32N2/c1-2-16-13-18-11-7-6-10-17(18)14-19(16)12-15-8-4-3-5-9-15/h15-17H,2-14H2,1H3. The Morgan fingerprint density at radius 2 is 1.68 bits per heavy atom. The van der Waals surface area contributed by atoms with Crippen molar-refractivity contribution in [2.45, 2.75) is 76.8 Å². The Bertz CT molecular complexity index is 270. The molecule has 2 unspecified atom stereocenters. The fourth-order valence-electron chi connectivity index (χ4n) is 4.63. The van der Waals surface area contributed by atoms with Crippen LogP contribution in [-0.2, 0) is 0 Å². The van der Waals surface area contributed by atoms with E-state index < -0.39 is 0 Å². The van der Waals surface area contributed by atoms with Crippen molar-refractivity contribution < 1.29 is 0 Å². The molecule has 0 bridgehead atoms. The van der Waals surface area contributed by atoms with Gasteiger partial charge in [-0.3, -0.25) is 9.80 Å². The number of nitrogens with zero attached hydrogens (tertiary/aromatic N) is 2. The van der Waals surface area contributed by atoms with Gasteiger partial charge in [0.05, 0.1) is 0 Å². The van der Waals surface area contributed by atoms with Gasteiger partial charge in [-0.05, 0) is 44.6 Å². The molecule has 2 heteroatoms. The van der Waals surface area contributed by atoms with Crippen LogP contribution in [0.3, 0.4) is 0 Å². The maximum Gasteiger partial charge on any atom is 0.0223 e. The van der Waals surface area contributed by atoms with E-state index >= 15 is 0 Å². The average molecular weight is 264 g/mol. The lowest BCUT2D eigenvalue weighted by atomic mass is 9.87. The van der Waals surface area contributed by atoms with E-state index in [0.29, 0.717) is 0 Å². The summed E-state index contributed by atoms with van der Waals surface area (Å²) < 4.78 is 0. The third kappa shape index (κ3) is 3.33. The molecule has 2 saturated heterocycles. The van der Waals surface area contributed by atoms with E-state index in [4.69, 9.17) is 0 Å². The van der Waals surface area contributed by atoms with E-state index in [2.05, 4.69) is 16.7 Å². The van der Waals surface area contributed by atoms with Crippen LogP contribution in [0.15, 0.2) is 0 Å². The van der Waals surface area contributed by atoms with Gasteiger partial charge in [0.25, 0.3) is 0 Å². The molecule has 0 N–H and O–H groups in total. The first-order chi connectivity index (χ1) is 9.36. The minimum absolute atomic E-state index is 0.844. The lowest BCUT2D eigenvalue weighted by Gasteiger charge is -2.49. The molecule has 2 atom stereocenters. The summed E-state index contributed by atoms with van der Waals surface area (Å²) in [5.41, 5.74) is 0. The van der Waals surface area contributed by atoms with Crippen molar-refractivity contribution >= 4 is 0 Å². The maximum atomic E-state index is 2.88. The molecule has 0 spiro atoms. The number of piperidine rings is 1. The van der Waals surface area contributed by atoms with Crippen LogP contribution in [0.1, 0.15) is 64.7 Å². The molecular weight excluding hydrogens is 232 g/mol. The van der Waals surface area contributed by atoms with Crippen molar-refractivity contribution in [3.05, 3.63) is 0 Å². The fourth-order valence-corrected chi connectivity index (χ4v) is 4.63. The molecule has 3 fully saturated rings. The summed E-state index contributed by atoms with van der Waals surface area (Å²) in [7, 11) is 0. The lowest BCUT2D eigenvalue weighted by molar-refractivity contribution is -0.00255. The minimum Gasteiger partial charge on any atom is -0.298 e. The first kappa shape index (κ1) is 13.9. The molecule has 0 amide bonds. The van der Waals surface area contributed by atoms with E-state index in [-0.39, 0.29) is 0 Å². The molecular formula is C17H32N2. The van der Waals surface area contributed by atoms with Crippen molar-refractivity contribution in [3.8, 4) is 0 Å². The van der Waals surface area contributed by atoms with Crippen LogP contribution in [0.25, 0.3) is 0 Å². The smallest absolute Gasteiger partial charge is 0.0223 e. The van der Waals surface area contributed by atoms with Crippen molar-refractivity contribution in [1.82, 2.24) is 9.80 Å². The van der Waals surface area contributed by atoms with Crippen LogP contribution in [0, 0.1) is 5.92 Å². The molecule has 0 aromatic heterocycles. The van der Waals surface area contributed by atoms with Crippen LogP contribution in [0.2, 0.25) is 0 Å². The highest BCUT2D eigenvalue weighted by molar-refractivity contribution is 4.91. The van der Waals surface area contributed by atoms with E-state index in [1.165, 1.54) is 84.0 Å². The first-order valence-electron chi connectivity index (χ1n) is 8.85. The van der Waals surface area contributed by atoms with Gasteiger partial charge in [-0.2, -0.15) is 0 Å². The average Bonchev–Trinajstić information content (AvgIpc) is 2.47. The molecule has 1 saturated carbocycles. The lowest BCUT2D eigenvalue weighted by Crippen LogP contribution is -2.60. The molecule has 3 rings (SSSR count). The second-order valence-electron chi connectivity index (χ2n) is 7.16. The number of fused-ring (bicyclic) bond motifs is 1. The van der Waals surface area contributed by atoms with E-state index in [9.17, 15) is 0 Å². The van der Waals surface area contributed by atoms with Crippen LogP contribution < -0.4 is 0 Å². The Hall–Kier alpha value is -0.0800. The molecule has 110 valence electrons. The molecule has 1 aliphatic carbocycles. The molecule has 0 aromatic carbocycles. The molecule has 0 radical (unpaired) electrons. The highest BCUT2D eigenvalue weighted by Crippen LogP contribution is 2.29. The maximum absolute atomic E-state index is 2.88. The van der Waals surface area contributed by atoms with Crippen molar-refractivity contribution in [1.29, 1.82) is 0 Å². The van der Waals surface area contributed by atoms with E-state index in [1.807, 2.05) is 0 Å². The summed E-state index contributed by atoms with van der Waals surface area (Å²) in [6.07, 6.45) is 13.2. The van der Waals surface area contributed by atoms with Gasteiger partial charge in [0.1, 0.15) is 0 Å². The molecule has 3 aliphatic rings. The quantitative estimate of drug-likeness (QED) is 0.769. The Labute approximate surface area is 119 Å². The monoisotopic (exact) mass is 264 g/mol. The van der Waals surface area contributed by atoms with Crippen molar-refractivity contribution in [2.24, 2.45) is 5.92 Å². The van der Waals surface area contributed by atoms with Crippen LogP contribution >= 0.6 is 0 Å². The summed E-state index contributed by atoms with van der Waals surface area (Å²) in [6.45, 7) is 7.90. The highest BCUT2D eigenvalue weighted by atomic mass is 15.3. The van der Waals surface area contributed by atoms with Crippen LogP contribution in [0.4, 0.5) is 0 Å². The Balaban J connectivity index is 1.58. The number of piperazine rings is 1. The van der Waals surface area contributed by atoms with E-state index in [0.717, 1.165) is 18.0 Å². The Kier molecular flexibility index (Phi) is 4.81. The topological polar surface area (TPSA) is 6.48 Å². The van der Waals surface area contributed by atoms with Crippen molar-refractivity contribution in [2.75, 3.05) is 26.2 Å². The second-order valence-corrected chi connectivity index (χ2v) is 7.16. The van der Waals surface area contributed by atoms with Gasteiger partial charge in [-0.15, -0.1) is 0 Å². The zero-order valence-corrected chi connectivity index (χ0v) is 12.8. The molecule has 2 aliphatic heterocycles. The Morgan fingerprint density at radius 3 is 2.47 bits per heavy atom. The highest BCUT2D eigenvalue weighted by Gasteiger charge is 2.34. The molecule has 2 nitrogen and oxygen atoms in total. The number of hydrogen-bond donors (Lipinski definition) is 0. The molecule has 19 heavy (non-hydrogen) atoms. The largest absolute Gasteiger partial charge is 0.298 e. The van der Waals surface area contributed by atoms with Gasteiger partial charge >= 0.3 is 0 Å². The first-order valence-corrected chi connectivity index (χ1v) is 8.85. The normalized spacial score (nSPS) is 35.2. The summed E-state index contributed by atoms with van der Waals surface area (Å²) in [5.74, 6) is 1.01. The van der Waals surface area contributed by atoms with Crippen LogP contribution in [0.5, 0.6) is 0 Å². The summed E-state index contributed by atoms with van der Waals surface area (Å²) >= 11 is 0.